The molecule has 0 spiro atoms. The molecule has 5 heteroatoms. The van der Waals surface area contributed by atoms with E-state index in [0.29, 0.717) is 18.8 Å². The highest BCUT2D eigenvalue weighted by atomic mass is 32.1. The van der Waals surface area contributed by atoms with Gasteiger partial charge in [-0.15, -0.1) is 10.2 Å². The van der Waals surface area contributed by atoms with E-state index in [1.807, 2.05) is 6.92 Å². The Kier molecular flexibility index (Phi) is 2.57. The first-order valence-corrected chi connectivity index (χ1v) is 5.22. The lowest BCUT2D eigenvalue weighted by molar-refractivity contribution is -0.0190. The van der Waals surface area contributed by atoms with Crippen LogP contribution in [0.2, 0.25) is 0 Å². The maximum Gasteiger partial charge on any atom is 0.143 e. The summed E-state index contributed by atoms with van der Waals surface area (Å²) in [4.78, 5) is 0. The van der Waals surface area contributed by atoms with Gasteiger partial charge in [-0.3, -0.25) is 0 Å². The van der Waals surface area contributed by atoms with Crippen LogP contribution in [0.15, 0.2) is 0 Å². The summed E-state index contributed by atoms with van der Waals surface area (Å²) in [6.45, 7) is 2.53. The molecule has 1 heterocycles. The lowest BCUT2D eigenvalue weighted by atomic mass is 9.90. The number of nitrogens with two attached hydrogens (primary N) is 1. The Morgan fingerprint density at radius 2 is 2.31 bits per heavy atom. The van der Waals surface area contributed by atoms with E-state index in [4.69, 9.17) is 10.5 Å². The minimum absolute atomic E-state index is 0.346. The molecule has 0 aliphatic heterocycles. The summed E-state index contributed by atoms with van der Waals surface area (Å²) < 4.78 is 5.58. The Hall–Kier alpha value is -0.520. The first kappa shape index (κ1) is 9.05. The average Bonchev–Trinajstić information content (AvgIpc) is 2.43. The minimum atomic E-state index is 0.346. The van der Waals surface area contributed by atoms with Crippen LogP contribution in [0, 0.1) is 6.92 Å². The van der Waals surface area contributed by atoms with E-state index < -0.39 is 0 Å². The molecular weight excluding hydrogens is 186 g/mol. The van der Waals surface area contributed by atoms with Gasteiger partial charge >= 0.3 is 0 Å². The van der Waals surface area contributed by atoms with E-state index in [2.05, 4.69) is 10.2 Å². The van der Waals surface area contributed by atoms with Gasteiger partial charge in [0.15, 0.2) is 0 Å². The molecule has 0 saturated heterocycles. The third-order valence-electron chi connectivity index (χ3n) is 2.14. The molecule has 0 aromatic carbocycles. The molecule has 13 heavy (non-hydrogen) atoms. The summed E-state index contributed by atoms with van der Waals surface area (Å²) in [5, 5.41) is 9.84. The number of rotatable bonds is 3. The molecule has 0 amide bonds. The smallest absolute Gasteiger partial charge is 0.143 e. The molecule has 0 radical (unpaired) electrons. The van der Waals surface area contributed by atoms with Crippen molar-refractivity contribution in [3.05, 3.63) is 10.0 Å². The second-order valence-electron chi connectivity index (χ2n) is 3.38. The zero-order valence-electron chi connectivity index (χ0n) is 7.56. The number of aryl methyl sites for hydroxylation is 1. The average molecular weight is 199 g/mol. The van der Waals surface area contributed by atoms with Crippen molar-refractivity contribution >= 4 is 11.3 Å². The first-order valence-electron chi connectivity index (χ1n) is 4.40. The number of hydrogen-bond acceptors (Lipinski definition) is 5. The van der Waals surface area contributed by atoms with E-state index in [1.165, 1.54) is 0 Å². The lowest BCUT2D eigenvalue weighted by Crippen LogP contribution is -2.41. The molecule has 0 atom stereocenters. The summed E-state index contributed by atoms with van der Waals surface area (Å²) in [5.74, 6) is 0. The normalized spacial score (nSPS) is 27.2. The molecule has 72 valence electrons. The van der Waals surface area contributed by atoms with Crippen molar-refractivity contribution in [2.75, 3.05) is 0 Å². The van der Waals surface area contributed by atoms with Crippen LogP contribution in [0.4, 0.5) is 0 Å². The van der Waals surface area contributed by atoms with Crippen molar-refractivity contribution in [1.82, 2.24) is 10.2 Å². The summed E-state index contributed by atoms with van der Waals surface area (Å²) in [5.41, 5.74) is 5.64. The fraction of sp³-hybridized carbons (Fsp3) is 0.750. The van der Waals surface area contributed by atoms with Gasteiger partial charge in [0.05, 0.1) is 6.10 Å². The Morgan fingerprint density at radius 1 is 1.54 bits per heavy atom. The topological polar surface area (TPSA) is 61.0 Å². The third kappa shape index (κ3) is 2.24. The van der Waals surface area contributed by atoms with Crippen LogP contribution in [-0.4, -0.2) is 22.3 Å². The zero-order valence-corrected chi connectivity index (χ0v) is 8.38. The Bertz CT molecular complexity index is 283. The molecule has 0 unspecified atom stereocenters. The van der Waals surface area contributed by atoms with E-state index >= 15 is 0 Å². The summed E-state index contributed by atoms with van der Waals surface area (Å²) in [6.07, 6.45) is 2.31. The highest BCUT2D eigenvalue weighted by Gasteiger charge is 2.26. The maximum absolute atomic E-state index is 5.64. The molecule has 1 saturated carbocycles. The van der Waals surface area contributed by atoms with Gasteiger partial charge in [0.25, 0.3) is 0 Å². The molecule has 0 bridgehead atoms. The number of hydrogen-bond donors (Lipinski definition) is 1. The van der Waals surface area contributed by atoms with Crippen molar-refractivity contribution in [3.8, 4) is 0 Å². The molecule has 2 N–H and O–H groups in total. The Balaban J connectivity index is 1.74. The van der Waals surface area contributed by atoms with Crippen LogP contribution in [0.1, 0.15) is 22.9 Å². The number of aromatic nitrogens is 2. The van der Waals surface area contributed by atoms with Gasteiger partial charge in [-0.2, -0.15) is 0 Å². The van der Waals surface area contributed by atoms with E-state index in [1.54, 1.807) is 11.3 Å². The van der Waals surface area contributed by atoms with Gasteiger partial charge in [-0.05, 0) is 19.8 Å². The quantitative estimate of drug-likeness (QED) is 0.784. The van der Waals surface area contributed by atoms with Crippen molar-refractivity contribution in [2.45, 2.75) is 38.5 Å². The Labute approximate surface area is 81.1 Å². The minimum Gasteiger partial charge on any atom is -0.371 e. The van der Waals surface area contributed by atoms with Crippen LogP contribution < -0.4 is 5.73 Å². The predicted octanol–water partition coefficient (Wildman–Crippen LogP) is 0.853. The van der Waals surface area contributed by atoms with E-state index in [0.717, 1.165) is 22.9 Å². The predicted molar refractivity (Wildman–Crippen MR) is 50.4 cm³/mol. The first-order chi connectivity index (χ1) is 6.24. The van der Waals surface area contributed by atoms with Crippen LogP contribution in [0.3, 0.4) is 0 Å². The number of nitrogens with zero attached hydrogens (tertiary/aromatic N) is 2. The number of ether oxygens (including phenoxy) is 1. The fourth-order valence-corrected chi connectivity index (χ4v) is 1.96. The van der Waals surface area contributed by atoms with Crippen molar-refractivity contribution in [2.24, 2.45) is 5.73 Å². The summed E-state index contributed by atoms with van der Waals surface area (Å²) in [6, 6.07) is 0.348. The highest BCUT2D eigenvalue weighted by Crippen LogP contribution is 2.22. The van der Waals surface area contributed by atoms with Crippen LogP contribution >= 0.6 is 11.3 Å². The van der Waals surface area contributed by atoms with Crippen LogP contribution in [0.5, 0.6) is 0 Å². The SMILES string of the molecule is Cc1nnc(COC2CC(N)C2)s1. The van der Waals surface area contributed by atoms with Crippen molar-refractivity contribution in [3.63, 3.8) is 0 Å². The molecule has 1 aliphatic rings. The molecular formula is C8H13N3OS. The highest BCUT2D eigenvalue weighted by molar-refractivity contribution is 7.11. The van der Waals surface area contributed by atoms with Gasteiger partial charge in [0.2, 0.25) is 0 Å². The molecule has 2 rings (SSSR count). The summed E-state index contributed by atoms with van der Waals surface area (Å²) in [7, 11) is 0. The Morgan fingerprint density at radius 3 is 2.85 bits per heavy atom. The fourth-order valence-electron chi connectivity index (χ4n) is 1.33. The van der Waals surface area contributed by atoms with Crippen LogP contribution in [-0.2, 0) is 11.3 Å². The van der Waals surface area contributed by atoms with Gasteiger partial charge in [0.1, 0.15) is 16.6 Å². The molecule has 1 aromatic rings. The summed E-state index contributed by atoms with van der Waals surface area (Å²) >= 11 is 1.59. The standard InChI is InChI=1S/C8H13N3OS/c1-5-10-11-8(13-5)4-12-7-2-6(9)3-7/h6-7H,2-4,9H2,1H3. The van der Waals surface area contributed by atoms with Gasteiger partial charge in [0, 0.05) is 6.04 Å². The van der Waals surface area contributed by atoms with Crippen molar-refractivity contribution in [1.29, 1.82) is 0 Å². The maximum atomic E-state index is 5.64. The second-order valence-corrected chi connectivity index (χ2v) is 4.65. The third-order valence-corrected chi connectivity index (χ3v) is 2.95. The van der Waals surface area contributed by atoms with Crippen molar-refractivity contribution < 1.29 is 4.74 Å². The van der Waals surface area contributed by atoms with E-state index in [9.17, 15) is 0 Å². The van der Waals surface area contributed by atoms with E-state index in [-0.39, 0.29) is 0 Å². The molecule has 1 fully saturated rings. The molecule has 1 aromatic heterocycles. The molecule has 1 aliphatic carbocycles. The lowest BCUT2D eigenvalue weighted by Gasteiger charge is -2.31. The molecule has 4 nitrogen and oxygen atoms in total. The zero-order chi connectivity index (χ0) is 9.26. The van der Waals surface area contributed by atoms with Gasteiger partial charge < -0.3 is 10.5 Å². The van der Waals surface area contributed by atoms with Gasteiger partial charge in [-0.1, -0.05) is 11.3 Å². The van der Waals surface area contributed by atoms with Crippen LogP contribution in [0.25, 0.3) is 0 Å². The monoisotopic (exact) mass is 199 g/mol. The largest absolute Gasteiger partial charge is 0.371 e. The second kappa shape index (κ2) is 3.69. The van der Waals surface area contributed by atoms with Gasteiger partial charge in [-0.25, -0.2) is 0 Å².